The summed E-state index contributed by atoms with van der Waals surface area (Å²) in [6.45, 7) is 5.91. The maximum Gasteiger partial charge on any atom is 0.408 e. The summed E-state index contributed by atoms with van der Waals surface area (Å²) in [7, 11) is 0. The third kappa shape index (κ3) is 7.32. The fraction of sp³-hybridized carbons (Fsp3) is 0.800. The van der Waals surface area contributed by atoms with Gasteiger partial charge in [0.15, 0.2) is 0 Å². The van der Waals surface area contributed by atoms with Crippen LogP contribution in [-0.2, 0) is 14.3 Å². The average molecular weight is 330 g/mol. The molecule has 1 saturated heterocycles. The van der Waals surface area contributed by atoms with Crippen molar-refractivity contribution in [1.82, 2.24) is 10.2 Å². The highest BCUT2D eigenvalue weighted by molar-refractivity contribution is 5.80. The molecule has 0 aliphatic carbocycles. The highest BCUT2D eigenvalue weighted by atomic mass is 16.6. The van der Waals surface area contributed by atoms with Crippen LogP contribution in [0.4, 0.5) is 4.79 Å². The van der Waals surface area contributed by atoms with E-state index in [1.54, 1.807) is 25.7 Å². The molecule has 3 N–H and O–H groups in total. The van der Waals surface area contributed by atoms with Gasteiger partial charge in [-0.3, -0.25) is 4.79 Å². The summed E-state index contributed by atoms with van der Waals surface area (Å²) in [6.07, 6.45) is 0.174. The molecule has 0 aromatic carbocycles. The molecule has 1 aliphatic heterocycles. The van der Waals surface area contributed by atoms with Gasteiger partial charge in [-0.05, 0) is 40.0 Å². The monoisotopic (exact) mass is 330 g/mol. The molecule has 1 fully saturated rings. The van der Waals surface area contributed by atoms with E-state index in [1.807, 2.05) is 0 Å². The molecule has 1 aliphatic rings. The Morgan fingerprint density at radius 1 is 1.39 bits per heavy atom. The van der Waals surface area contributed by atoms with Gasteiger partial charge < -0.3 is 25.2 Å². The van der Waals surface area contributed by atoms with Crippen LogP contribution in [0.25, 0.3) is 0 Å². The number of rotatable bonds is 7. The Balaban J connectivity index is 2.32. The van der Waals surface area contributed by atoms with Crippen LogP contribution >= 0.6 is 0 Å². The Morgan fingerprint density at radius 3 is 2.52 bits per heavy atom. The lowest BCUT2D eigenvalue weighted by molar-refractivity contribution is -0.139. The maximum atomic E-state index is 11.6. The van der Waals surface area contributed by atoms with E-state index < -0.39 is 29.8 Å². The molecule has 2 atom stereocenters. The summed E-state index contributed by atoms with van der Waals surface area (Å²) in [5, 5.41) is 20.9. The number of carboxylic acids is 1. The number of alkyl carbamates (subject to hydrolysis) is 1. The molecule has 0 aromatic heterocycles. The van der Waals surface area contributed by atoms with Crippen molar-refractivity contribution < 1.29 is 29.3 Å². The molecule has 132 valence electrons. The van der Waals surface area contributed by atoms with Crippen LogP contribution in [0.1, 0.15) is 46.5 Å². The van der Waals surface area contributed by atoms with E-state index in [9.17, 15) is 19.5 Å². The van der Waals surface area contributed by atoms with Crippen molar-refractivity contribution in [1.29, 1.82) is 0 Å². The maximum absolute atomic E-state index is 11.6. The second-order valence-corrected chi connectivity index (χ2v) is 6.73. The number of β-amino-alcohol motifs (C(OH)–C–C–N with tert-alkyl or cyclic N) is 1. The third-order valence-electron chi connectivity index (χ3n) is 3.35. The van der Waals surface area contributed by atoms with E-state index in [1.165, 1.54) is 0 Å². The number of hydrogen-bond donors (Lipinski definition) is 3. The summed E-state index contributed by atoms with van der Waals surface area (Å²) in [5.41, 5.74) is -0.690. The number of nitrogens with one attached hydrogen (secondary N) is 1. The SMILES string of the molecule is CC(C)(C)OC(=O)N[C@@H](CCCCN1CC(O)CC1=O)C(=O)O. The van der Waals surface area contributed by atoms with E-state index in [-0.39, 0.29) is 18.7 Å². The van der Waals surface area contributed by atoms with E-state index in [2.05, 4.69) is 5.32 Å². The molecule has 0 saturated carbocycles. The van der Waals surface area contributed by atoms with Crippen molar-refractivity contribution in [3.8, 4) is 0 Å². The Kier molecular flexibility index (Phi) is 6.80. The number of carbonyl (C=O) groups excluding carboxylic acids is 2. The Bertz CT molecular complexity index is 446. The first-order chi connectivity index (χ1) is 10.6. The number of carbonyl (C=O) groups is 3. The Morgan fingerprint density at radius 2 is 2.04 bits per heavy atom. The summed E-state index contributed by atoms with van der Waals surface area (Å²) < 4.78 is 5.04. The number of aliphatic carboxylic acids is 1. The van der Waals surface area contributed by atoms with Crippen molar-refractivity contribution in [3.05, 3.63) is 0 Å². The van der Waals surface area contributed by atoms with Gasteiger partial charge >= 0.3 is 12.1 Å². The number of hydrogen-bond acceptors (Lipinski definition) is 5. The number of amides is 2. The van der Waals surface area contributed by atoms with Crippen LogP contribution < -0.4 is 5.32 Å². The molecule has 0 radical (unpaired) electrons. The van der Waals surface area contributed by atoms with Gasteiger partial charge in [0.05, 0.1) is 12.5 Å². The fourth-order valence-corrected chi connectivity index (χ4v) is 2.33. The predicted molar refractivity (Wildman–Crippen MR) is 81.8 cm³/mol. The van der Waals surface area contributed by atoms with E-state index in [4.69, 9.17) is 9.84 Å². The van der Waals surface area contributed by atoms with E-state index in [0.717, 1.165) is 0 Å². The molecular weight excluding hydrogens is 304 g/mol. The van der Waals surface area contributed by atoms with Crippen LogP contribution in [0, 0.1) is 0 Å². The van der Waals surface area contributed by atoms with Gasteiger partial charge in [0.2, 0.25) is 5.91 Å². The number of unbranched alkanes of at least 4 members (excludes halogenated alkanes) is 1. The standard InChI is InChI=1S/C15H26N2O6/c1-15(2,3)23-14(22)16-11(13(20)21)6-4-5-7-17-9-10(18)8-12(17)19/h10-11,18H,4-9H2,1-3H3,(H,16,22)(H,20,21)/t10?,11-/m0/s1. The second kappa shape index (κ2) is 8.14. The van der Waals surface area contributed by atoms with Gasteiger partial charge in [-0.1, -0.05) is 0 Å². The lowest BCUT2D eigenvalue weighted by Crippen LogP contribution is -2.43. The molecule has 1 heterocycles. The van der Waals surface area contributed by atoms with E-state index in [0.29, 0.717) is 25.9 Å². The molecule has 8 heteroatoms. The first-order valence-electron chi connectivity index (χ1n) is 7.76. The molecule has 0 spiro atoms. The number of aliphatic hydroxyl groups is 1. The lowest BCUT2D eigenvalue weighted by Gasteiger charge is -2.22. The van der Waals surface area contributed by atoms with Crippen LogP contribution in [0.5, 0.6) is 0 Å². The zero-order valence-electron chi connectivity index (χ0n) is 13.9. The molecule has 2 amide bonds. The zero-order chi connectivity index (χ0) is 17.6. The van der Waals surface area contributed by atoms with Gasteiger partial charge in [-0.2, -0.15) is 0 Å². The number of nitrogens with zero attached hydrogens (tertiary/aromatic N) is 1. The van der Waals surface area contributed by atoms with Gasteiger partial charge in [-0.25, -0.2) is 9.59 Å². The largest absolute Gasteiger partial charge is 0.480 e. The van der Waals surface area contributed by atoms with Gasteiger partial charge in [0.25, 0.3) is 0 Å². The fourth-order valence-electron chi connectivity index (χ4n) is 2.33. The van der Waals surface area contributed by atoms with Crippen LogP contribution in [-0.4, -0.2) is 63.9 Å². The predicted octanol–water partition coefficient (Wildman–Crippen LogP) is 0.728. The minimum atomic E-state index is -1.12. The van der Waals surface area contributed by atoms with E-state index >= 15 is 0 Å². The molecule has 1 rings (SSSR count). The average Bonchev–Trinajstić information content (AvgIpc) is 2.69. The van der Waals surface area contributed by atoms with Gasteiger partial charge in [-0.15, -0.1) is 0 Å². The summed E-state index contributed by atoms with van der Waals surface area (Å²) in [5.74, 6) is -1.21. The zero-order valence-corrected chi connectivity index (χ0v) is 13.9. The Hall–Kier alpha value is -1.83. The number of aliphatic hydroxyl groups excluding tert-OH is 1. The topological polar surface area (TPSA) is 116 Å². The van der Waals surface area contributed by atoms with Crippen molar-refractivity contribution in [2.45, 2.75) is 64.2 Å². The first-order valence-corrected chi connectivity index (χ1v) is 7.76. The van der Waals surface area contributed by atoms with Crippen molar-refractivity contribution >= 4 is 18.0 Å². The number of carboxylic acid groups (broad SMARTS) is 1. The quantitative estimate of drug-likeness (QED) is 0.593. The van der Waals surface area contributed by atoms with Crippen molar-refractivity contribution in [2.75, 3.05) is 13.1 Å². The number of ether oxygens (including phenoxy) is 1. The highest BCUT2D eigenvalue weighted by Gasteiger charge is 2.28. The van der Waals surface area contributed by atoms with Crippen LogP contribution in [0.15, 0.2) is 0 Å². The normalized spacial score (nSPS) is 19.6. The lowest BCUT2D eigenvalue weighted by atomic mass is 10.1. The van der Waals surface area contributed by atoms with Gasteiger partial charge in [0.1, 0.15) is 11.6 Å². The minimum absolute atomic E-state index is 0.0841. The molecular formula is C15H26N2O6. The smallest absolute Gasteiger partial charge is 0.408 e. The van der Waals surface area contributed by atoms with Crippen molar-refractivity contribution in [2.24, 2.45) is 0 Å². The van der Waals surface area contributed by atoms with Gasteiger partial charge in [0, 0.05) is 13.1 Å². The second-order valence-electron chi connectivity index (χ2n) is 6.73. The first kappa shape index (κ1) is 19.2. The molecule has 0 bridgehead atoms. The molecule has 0 aromatic rings. The summed E-state index contributed by atoms with van der Waals surface area (Å²) in [6, 6.07) is -1.02. The van der Waals surface area contributed by atoms with Crippen LogP contribution in [0.3, 0.4) is 0 Å². The number of likely N-dealkylation sites (tertiary alicyclic amines) is 1. The van der Waals surface area contributed by atoms with Crippen molar-refractivity contribution in [3.63, 3.8) is 0 Å². The Labute approximate surface area is 135 Å². The third-order valence-corrected chi connectivity index (χ3v) is 3.35. The summed E-state index contributed by atoms with van der Waals surface area (Å²) in [4.78, 5) is 35.9. The molecule has 23 heavy (non-hydrogen) atoms. The van der Waals surface area contributed by atoms with Crippen LogP contribution in [0.2, 0.25) is 0 Å². The molecule has 1 unspecified atom stereocenters. The summed E-state index contributed by atoms with van der Waals surface area (Å²) >= 11 is 0. The highest BCUT2D eigenvalue weighted by Crippen LogP contribution is 2.13. The molecule has 8 nitrogen and oxygen atoms in total. The minimum Gasteiger partial charge on any atom is -0.480 e.